The monoisotopic (exact) mass is 296 g/mol. The summed E-state index contributed by atoms with van der Waals surface area (Å²) in [4.78, 5) is 12.1. The number of ketones is 1. The standard InChI is InChI=1S/C15H11Cl2FO/c1-9-4-11(8-12(18)5-9)15(19)7-10-2-3-13(16)14(17)6-10/h2-6,8H,7H2,1H3. The molecule has 0 unspecified atom stereocenters. The molecular weight excluding hydrogens is 286 g/mol. The van der Waals surface area contributed by atoms with Gasteiger partial charge in [-0.05, 0) is 48.4 Å². The highest BCUT2D eigenvalue weighted by atomic mass is 35.5. The number of rotatable bonds is 3. The van der Waals surface area contributed by atoms with Gasteiger partial charge >= 0.3 is 0 Å². The Morgan fingerprint density at radius 2 is 1.84 bits per heavy atom. The molecule has 0 saturated carbocycles. The Morgan fingerprint density at radius 3 is 2.47 bits per heavy atom. The van der Waals surface area contributed by atoms with Crippen LogP contribution in [0, 0.1) is 12.7 Å². The molecule has 0 aromatic heterocycles. The van der Waals surface area contributed by atoms with Crippen molar-refractivity contribution in [3.63, 3.8) is 0 Å². The average Bonchev–Trinajstić information content (AvgIpc) is 2.32. The molecule has 0 aliphatic carbocycles. The second-order valence-electron chi connectivity index (χ2n) is 4.37. The molecule has 0 aliphatic heterocycles. The summed E-state index contributed by atoms with van der Waals surface area (Å²) in [5, 5.41) is 0.849. The third kappa shape index (κ3) is 3.55. The molecule has 0 saturated heterocycles. The molecule has 98 valence electrons. The normalized spacial score (nSPS) is 10.5. The van der Waals surface area contributed by atoms with Crippen LogP contribution in [0.25, 0.3) is 0 Å². The zero-order chi connectivity index (χ0) is 14.0. The number of aryl methyl sites for hydroxylation is 1. The van der Waals surface area contributed by atoms with Gasteiger partial charge in [-0.25, -0.2) is 4.39 Å². The van der Waals surface area contributed by atoms with Gasteiger partial charge in [-0.2, -0.15) is 0 Å². The summed E-state index contributed by atoms with van der Waals surface area (Å²) in [6.07, 6.45) is 0.166. The van der Waals surface area contributed by atoms with Crippen molar-refractivity contribution in [1.29, 1.82) is 0 Å². The van der Waals surface area contributed by atoms with Gasteiger partial charge in [0.25, 0.3) is 0 Å². The Labute approximate surface area is 121 Å². The van der Waals surface area contributed by atoms with Crippen LogP contribution in [0.5, 0.6) is 0 Å². The summed E-state index contributed by atoms with van der Waals surface area (Å²) in [5.41, 5.74) is 1.84. The first-order valence-corrected chi connectivity index (χ1v) is 6.45. The number of benzene rings is 2. The predicted molar refractivity (Wildman–Crippen MR) is 75.6 cm³/mol. The van der Waals surface area contributed by atoms with Crippen molar-refractivity contribution >= 4 is 29.0 Å². The van der Waals surface area contributed by atoms with Crippen LogP contribution in [-0.2, 0) is 6.42 Å². The van der Waals surface area contributed by atoms with Crippen LogP contribution in [0.3, 0.4) is 0 Å². The highest BCUT2D eigenvalue weighted by Gasteiger charge is 2.10. The van der Waals surface area contributed by atoms with Crippen molar-refractivity contribution < 1.29 is 9.18 Å². The molecule has 0 heterocycles. The molecule has 0 bridgehead atoms. The molecule has 2 aromatic rings. The van der Waals surface area contributed by atoms with Gasteiger partial charge in [-0.15, -0.1) is 0 Å². The van der Waals surface area contributed by atoms with Crippen molar-refractivity contribution in [2.75, 3.05) is 0 Å². The summed E-state index contributed by atoms with van der Waals surface area (Å²) in [6, 6.07) is 9.32. The van der Waals surface area contributed by atoms with Crippen LogP contribution in [0.15, 0.2) is 36.4 Å². The van der Waals surface area contributed by atoms with E-state index in [0.29, 0.717) is 15.6 Å². The SMILES string of the molecule is Cc1cc(F)cc(C(=O)Cc2ccc(Cl)c(Cl)c2)c1. The molecule has 0 atom stereocenters. The Bertz CT molecular complexity index is 618. The van der Waals surface area contributed by atoms with Gasteiger partial charge in [0.2, 0.25) is 0 Å². The maximum atomic E-state index is 13.3. The molecule has 0 radical (unpaired) electrons. The average molecular weight is 297 g/mol. The maximum absolute atomic E-state index is 13.3. The lowest BCUT2D eigenvalue weighted by molar-refractivity contribution is 0.0992. The van der Waals surface area contributed by atoms with Crippen molar-refractivity contribution in [2.45, 2.75) is 13.3 Å². The van der Waals surface area contributed by atoms with E-state index in [0.717, 1.165) is 11.1 Å². The molecular formula is C15H11Cl2FO. The lowest BCUT2D eigenvalue weighted by Crippen LogP contribution is -2.04. The minimum atomic E-state index is -0.405. The Hall–Kier alpha value is -1.38. The van der Waals surface area contributed by atoms with Gasteiger partial charge in [-0.3, -0.25) is 4.79 Å². The highest BCUT2D eigenvalue weighted by Crippen LogP contribution is 2.23. The second-order valence-corrected chi connectivity index (χ2v) is 5.18. The van der Waals surface area contributed by atoms with Crippen molar-refractivity contribution in [1.82, 2.24) is 0 Å². The molecule has 4 heteroatoms. The number of carbonyl (C=O) groups excluding carboxylic acids is 1. The van der Waals surface area contributed by atoms with Crippen LogP contribution < -0.4 is 0 Å². The first-order chi connectivity index (χ1) is 8.95. The number of carbonyl (C=O) groups is 1. The van der Waals surface area contributed by atoms with Crippen LogP contribution in [0.1, 0.15) is 21.5 Å². The van der Waals surface area contributed by atoms with Gasteiger partial charge < -0.3 is 0 Å². The third-order valence-corrected chi connectivity index (χ3v) is 3.45. The van der Waals surface area contributed by atoms with Crippen molar-refractivity contribution in [2.24, 2.45) is 0 Å². The van der Waals surface area contributed by atoms with Crippen molar-refractivity contribution in [3.05, 3.63) is 69.0 Å². The molecule has 0 aliphatic rings. The van der Waals surface area contributed by atoms with Crippen LogP contribution >= 0.6 is 23.2 Å². The molecule has 0 N–H and O–H groups in total. The van der Waals surface area contributed by atoms with Gasteiger partial charge in [-0.1, -0.05) is 29.3 Å². The zero-order valence-corrected chi connectivity index (χ0v) is 11.7. The van der Waals surface area contributed by atoms with E-state index in [2.05, 4.69) is 0 Å². The van der Waals surface area contributed by atoms with E-state index >= 15 is 0 Å². The van der Waals surface area contributed by atoms with Gasteiger partial charge in [0.1, 0.15) is 5.82 Å². The number of hydrogen-bond acceptors (Lipinski definition) is 1. The van der Waals surface area contributed by atoms with E-state index in [-0.39, 0.29) is 12.2 Å². The number of Topliss-reactive ketones (excluding diaryl/α,β-unsaturated/α-hetero) is 1. The fourth-order valence-electron chi connectivity index (χ4n) is 1.83. The minimum Gasteiger partial charge on any atom is -0.294 e. The number of hydrogen-bond donors (Lipinski definition) is 0. The van der Waals surface area contributed by atoms with Gasteiger partial charge in [0, 0.05) is 12.0 Å². The van der Waals surface area contributed by atoms with Crippen LogP contribution in [0.4, 0.5) is 4.39 Å². The molecule has 2 aromatic carbocycles. The van der Waals surface area contributed by atoms with E-state index in [1.807, 2.05) is 0 Å². The largest absolute Gasteiger partial charge is 0.294 e. The zero-order valence-electron chi connectivity index (χ0n) is 10.2. The Morgan fingerprint density at radius 1 is 1.11 bits per heavy atom. The summed E-state index contributed by atoms with van der Waals surface area (Å²) in [6.45, 7) is 1.75. The molecule has 2 rings (SSSR count). The van der Waals surface area contributed by atoms with Gasteiger partial charge in [0.05, 0.1) is 10.0 Å². The molecule has 0 amide bonds. The maximum Gasteiger partial charge on any atom is 0.167 e. The van der Waals surface area contributed by atoms with E-state index in [9.17, 15) is 9.18 Å². The Balaban J connectivity index is 2.22. The molecule has 19 heavy (non-hydrogen) atoms. The number of halogens is 3. The highest BCUT2D eigenvalue weighted by molar-refractivity contribution is 6.42. The van der Waals surface area contributed by atoms with Gasteiger partial charge in [0.15, 0.2) is 5.78 Å². The summed E-state index contributed by atoms with van der Waals surface area (Å²) in [5.74, 6) is -0.557. The fourth-order valence-corrected chi connectivity index (χ4v) is 2.16. The van der Waals surface area contributed by atoms with E-state index in [4.69, 9.17) is 23.2 Å². The molecule has 0 spiro atoms. The van der Waals surface area contributed by atoms with Crippen LogP contribution in [0.2, 0.25) is 10.0 Å². The van der Waals surface area contributed by atoms with Crippen molar-refractivity contribution in [3.8, 4) is 0 Å². The van der Waals surface area contributed by atoms with E-state index in [1.165, 1.54) is 12.1 Å². The fraction of sp³-hybridized carbons (Fsp3) is 0.133. The van der Waals surface area contributed by atoms with E-state index in [1.54, 1.807) is 31.2 Å². The predicted octanol–water partition coefficient (Wildman–Crippen LogP) is 4.87. The first kappa shape index (κ1) is 14.0. The summed E-state index contributed by atoms with van der Waals surface area (Å²) >= 11 is 11.7. The lowest BCUT2D eigenvalue weighted by Gasteiger charge is -2.05. The second kappa shape index (κ2) is 5.72. The Kier molecular flexibility index (Phi) is 4.23. The molecule has 0 fully saturated rings. The topological polar surface area (TPSA) is 17.1 Å². The van der Waals surface area contributed by atoms with Crippen LogP contribution in [-0.4, -0.2) is 5.78 Å². The first-order valence-electron chi connectivity index (χ1n) is 5.70. The summed E-state index contributed by atoms with van der Waals surface area (Å²) < 4.78 is 13.3. The third-order valence-electron chi connectivity index (χ3n) is 2.71. The quantitative estimate of drug-likeness (QED) is 0.739. The summed E-state index contributed by atoms with van der Waals surface area (Å²) in [7, 11) is 0. The van der Waals surface area contributed by atoms with E-state index < -0.39 is 5.82 Å². The lowest BCUT2D eigenvalue weighted by atomic mass is 10.0. The smallest absolute Gasteiger partial charge is 0.167 e. The molecule has 1 nitrogen and oxygen atoms in total. The minimum absolute atomic E-state index is 0.152.